The Labute approximate surface area is 98.7 Å². The van der Waals surface area contributed by atoms with Crippen molar-refractivity contribution in [3.8, 4) is 0 Å². The van der Waals surface area contributed by atoms with Gasteiger partial charge in [0.1, 0.15) is 0 Å². The summed E-state index contributed by atoms with van der Waals surface area (Å²) in [5.41, 5.74) is 1.45. The number of hydrogen-bond acceptors (Lipinski definition) is 2. The Balaban J connectivity index is 2.17. The monoisotopic (exact) mass is 221 g/mol. The molecule has 16 heavy (non-hydrogen) atoms. The molecule has 2 aliphatic rings. The topological polar surface area (TPSA) is 20.3 Å². The normalized spacial score (nSPS) is 29.4. The van der Waals surface area contributed by atoms with E-state index in [1.165, 1.54) is 25.0 Å². The first kappa shape index (κ1) is 11.7. The van der Waals surface area contributed by atoms with Gasteiger partial charge in [0.05, 0.1) is 0 Å². The Morgan fingerprint density at radius 2 is 2.19 bits per heavy atom. The fourth-order valence-electron chi connectivity index (χ4n) is 3.14. The molecule has 0 radical (unpaired) electrons. The van der Waals surface area contributed by atoms with Gasteiger partial charge in [-0.25, -0.2) is 0 Å². The van der Waals surface area contributed by atoms with Gasteiger partial charge >= 0.3 is 0 Å². The molecule has 1 unspecified atom stereocenters. The van der Waals surface area contributed by atoms with Gasteiger partial charge in [-0.05, 0) is 31.1 Å². The summed E-state index contributed by atoms with van der Waals surface area (Å²) in [4.78, 5) is 14.2. The largest absolute Gasteiger partial charge is 0.372 e. The van der Waals surface area contributed by atoms with E-state index in [0.717, 1.165) is 13.0 Å². The van der Waals surface area contributed by atoms with Crippen LogP contribution in [-0.4, -0.2) is 23.3 Å². The number of allylic oxidation sites excluding steroid dienone is 2. The summed E-state index contributed by atoms with van der Waals surface area (Å²) in [6, 6.07) is 0.674. The van der Waals surface area contributed by atoms with E-state index < -0.39 is 0 Å². The molecule has 0 aromatic carbocycles. The van der Waals surface area contributed by atoms with Crippen molar-refractivity contribution in [1.82, 2.24) is 4.90 Å². The van der Waals surface area contributed by atoms with E-state index in [1.54, 1.807) is 0 Å². The molecule has 0 N–H and O–H groups in total. The Morgan fingerprint density at radius 3 is 2.81 bits per heavy atom. The highest BCUT2D eigenvalue weighted by atomic mass is 16.1. The summed E-state index contributed by atoms with van der Waals surface area (Å²) in [5, 5.41) is 0. The van der Waals surface area contributed by atoms with E-state index in [9.17, 15) is 4.79 Å². The standard InChI is InChI=1S/C14H23NO/c1-4-11-6-5-7-15(11)12-8-13(16)10-14(2,3)9-12/h8,11H,4-7,9-10H2,1-3H3. The molecule has 2 rings (SSSR count). The van der Waals surface area contributed by atoms with Gasteiger partial charge in [0.25, 0.3) is 0 Å². The summed E-state index contributed by atoms with van der Waals surface area (Å²) in [7, 11) is 0. The van der Waals surface area contributed by atoms with Crippen LogP contribution >= 0.6 is 0 Å². The van der Waals surface area contributed by atoms with Crippen LogP contribution in [0.5, 0.6) is 0 Å². The molecule has 0 aromatic rings. The molecule has 0 spiro atoms. The van der Waals surface area contributed by atoms with Crippen LogP contribution in [0.2, 0.25) is 0 Å². The molecule has 0 amide bonds. The lowest BCUT2D eigenvalue weighted by Crippen LogP contribution is -2.34. The number of carbonyl (C=O) groups is 1. The maximum absolute atomic E-state index is 11.7. The molecule has 1 aliphatic heterocycles. The highest BCUT2D eigenvalue weighted by Gasteiger charge is 2.33. The molecule has 0 bridgehead atoms. The minimum atomic E-state index is 0.155. The molecule has 1 aliphatic carbocycles. The lowest BCUT2D eigenvalue weighted by atomic mass is 9.78. The molecule has 90 valence electrons. The summed E-state index contributed by atoms with van der Waals surface area (Å²) in [5.74, 6) is 0.313. The summed E-state index contributed by atoms with van der Waals surface area (Å²) in [6.07, 6.45) is 7.45. The lowest BCUT2D eigenvalue weighted by molar-refractivity contribution is -0.117. The average Bonchev–Trinajstić information content (AvgIpc) is 2.61. The van der Waals surface area contributed by atoms with Crippen molar-refractivity contribution in [2.24, 2.45) is 5.41 Å². The number of rotatable bonds is 2. The molecule has 0 saturated carbocycles. The van der Waals surface area contributed by atoms with Gasteiger partial charge in [-0.2, -0.15) is 0 Å². The Hall–Kier alpha value is -0.790. The molecule has 1 heterocycles. The van der Waals surface area contributed by atoms with Gasteiger partial charge in [0, 0.05) is 30.8 Å². The highest BCUT2D eigenvalue weighted by molar-refractivity contribution is 5.91. The molecule has 1 fully saturated rings. The van der Waals surface area contributed by atoms with E-state index in [-0.39, 0.29) is 5.41 Å². The predicted molar refractivity (Wildman–Crippen MR) is 66.1 cm³/mol. The van der Waals surface area contributed by atoms with Crippen LogP contribution in [0.15, 0.2) is 11.8 Å². The SMILES string of the molecule is CCC1CCCN1C1=CC(=O)CC(C)(C)C1. The van der Waals surface area contributed by atoms with Crippen LogP contribution in [0.3, 0.4) is 0 Å². The van der Waals surface area contributed by atoms with Crippen molar-refractivity contribution < 1.29 is 4.79 Å². The Kier molecular flexibility index (Phi) is 3.09. The van der Waals surface area contributed by atoms with Gasteiger partial charge in [0.15, 0.2) is 5.78 Å². The zero-order valence-electron chi connectivity index (χ0n) is 10.8. The fourth-order valence-corrected chi connectivity index (χ4v) is 3.14. The number of ketones is 1. The fraction of sp³-hybridized carbons (Fsp3) is 0.786. The van der Waals surface area contributed by atoms with Gasteiger partial charge < -0.3 is 4.90 Å². The summed E-state index contributed by atoms with van der Waals surface area (Å²) >= 11 is 0. The van der Waals surface area contributed by atoms with Gasteiger partial charge in [-0.3, -0.25) is 4.79 Å². The first-order chi connectivity index (χ1) is 7.52. The van der Waals surface area contributed by atoms with E-state index in [1.807, 2.05) is 6.08 Å². The van der Waals surface area contributed by atoms with E-state index in [0.29, 0.717) is 18.2 Å². The van der Waals surface area contributed by atoms with Crippen molar-refractivity contribution in [2.45, 2.75) is 58.9 Å². The van der Waals surface area contributed by atoms with Crippen molar-refractivity contribution in [3.05, 3.63) is 11.8 Å². The Bertz CT molecular complexity index is 317. The maximum atomic E-state index is 11.7. The van der Waals surface area contributed by atoms with Gasteiger partial charge in [-0.1, -0.05) is 20.8 Å². The number of hydrogen-bond donors (Lipinski definition) is 0. The summed E-state index contributed by atoms with van der Waals surface area (Å²) in [6.45, 7) is 7.80. The third-order valence-corrected chi connectivity index (χ3v) is 3.86. The van der Waals surface area contributed by atoms with Crippen LogP contribution in [0.25, 0.3) is 0 Å². The number of likely N-dealkylation sites (tertiary alicyclic amines) is 1. The zero-order chi connectivity index (χ0) is 11.8. The predicted octanol–water partition coefficient (Wildman–Crippen LogP) is 3.13. The molecule has 1 saturated heterocycles. The minimum absolute atomic E-state index is 0.155. The summed E-state index contributed by atoms with van der Waals surface area (Å²) < 4.78 is 0. The van der Waals surface area contributed by atoms with Crippen LogP contribution in [0.1, 0.15) is 52.9 Å². The molecule has 1 atom stereocenters. The minimum Gasteiger partial charge on any atom is -0.372 e. The van der Waals surface area contributed by atoms with Crippen molar-refractivity contribution in [2.75, 3.05) is 6.54 Å². The first-order valence-corrected chi connectivity index (χ1v) is 6.52. The van der Waals surface area contributed by atoms with E-state index in [4.69, 9.17) is 0 Å². The smallest absolute Gasteiger partial charge is 0.157 e. The van der Waals surface area contributed by atoms with Crippen LogP contribution in [-0.2, 0) is 4.79 Å². The third kappa shape index (κ3) is 2.31. The van der Waals surface area contributed by atoms with Crippen LogP contribution < -0.4 is 0 Å². The maximum Gasteiger partial charge on any atom is 0.157 e. The lowest BCUT2D eigenvalue weighted by Gasteiger charge is -2.36. The second-order valence-corrected chi connectivity index (χ2v) is 6.02. The average molecular weight is 221 g/mol. The molecule has 2 nitrogen and oxygen atoms in total. The first-order valence-electron chi connectivity index (χ1n) is 6.52. The molecular weight excluding hydrogens is 198 g/mol. The van der Waals surface area contributed by atoms with Crippen LogP contribution in [0, 0.1) is 5.41 Å². The van der Waals surface area contributed by atoms with Crippen molar-refractivity contribution in [1.29, 1.82) is 0 Å². The van der Waals surface area contributed by atoms with Crippen molar-refractivity contribution >= 4 is 5.78 Å². The quantitative estimate of drug-likeness (QED) is 0.714. The third-order valence-electron chi connectivity index (χ3n) is 3.86. The zero-order valence-corrected chi connectivity index (χ0v) is 10.8. The molecule has 2 heteroatoms. The van der Waals surface area contributed by atoms with Gasteiger partial charge in [-0.15, -0.1) is 0 Å². The van der Waals surface area contributed by atoms with Crippen molar-refractivity contribution in [3.63, 3.8) is 0 Å². The second-order valence-electron chi connectivity index (χ2n) is 6.02. The van der Waals surface area contributed by atoms with Gasteiger partial charge in [0.2, 0.25) is 0 Å². The number of carbonyl (C=O) groups excluding carboxylic acids is 1. The van der Waals surface area contributed by atoms with Crippen LogP contribution in [0.4, 0.5) is 0 Å². The molecule has 0 aromatic heterocycles. The van der Waals surface area contributed by atoms with E-state index in [2.05, 4.69) is 25.7 Å². The Morgan fingerprint density at radius 1 is 1.44 bits per heavy atom. The van der Waals surface area contributed by atoms with E-state index >= 15 is 0 Å². The second kappa shape index (κ2) is 4.23. The highest BCUT2D eigenvalue weighted by Crippen LogP contribution is 2.37. The molecular formula is C14H23NO. The number of nitrogens with zero attached hydrogens (tertiary/aromatic N) is 1.